The largest absolute Gasteiger partial charge is 0.274 e. The van der Waals surface area contributed by atoms with Crippen molar-refractivity contribution in [2.45, 2.75) is 0 Å². The minimum atomic E-state index is 0.672. The monoisotopic (exact) mass is 268 g/mol. The van der Waals surface area contributed by atoms with Crippen molar-refractivity contribution in [1.29, 1.82) is 0 Å². The highest BCUT2D eigenvalue weighted by Gasteiger charge is 2.10. The SMILES string of the molecule is Clc1ccc(-c2nc3nc4ccccc4n3[nH]2)cc1. The lowest BCUT2D eigenvalue weighted by Gasteiger charge is -1.96. The Morgan fingerprint density at radius 3 is 2.58 bits per heavy atom. The second-order valence-corrected chi connectivity index (χ2v) is 4.75. The topological polar surface area (TPSA) is 46.0 Å². The minimum absolute atomic E-state index is 0.672. The number of aromatic amines is 1. The molecular formula is C14H9ClN4. The maximum Gasteiger partial charge on any atom is 0.252 e. The van der Waals surface area contributed by atoms with Crippen molar-refractivity contribution >= 4 is 28.4 Å². The molecule has 4 rings (SSSR count). The molecule has 0 spiro atoms. The molecule has 0 atom stereocenters. The Morgan fingerprint density at radius 2 is 1.74 bits per heavy atom. The molecule has 0 aliphatic heterocycles. The van der Waals surface area contributed by atoms with Crippen LogP contribution in [0.2, 0.25) is 5.02 Å². The molecule has 0 saturated carbocycles. The van der Waals surface area contributed by atoms with Gasteiger partial charge in [0.1, 0.15) is 0 Å². The van der Waals surface area contributed by atoms with E-state index in [-0.39, 0.29) is 0 Å². The van der Waals surface area contributed by atoms with Crippen molar-refractivity contribution in [3.8, 4) is 11.4 Å². The van der Waals surface area contributed by atoms with Gasteiger partial charge in [0.25, 0.3) is 5.78 Å². The van der Waals surface area contributed by atoms with Crippen molar-refractivity contribution in [2.75, 3.05) is 0 Å². The maximum atomic E-state index is 5.89. The van der Waals surface area contributed by atoms with Gasteiger partial charge < -0.3 is 0 Å². The quantitative estimate of drug-likeness (QED) is 0.574. The molecule has 4 aromatic rings. The van der Waals surface area contributed by atoms with E-state index < -0.39 is 0 Å². The molecule has 2 aromatic heterocycles. The van der Waals surface area contributed by atoms with Gasteiger partial charge in [0, 0.05) is 10.6 Å². The first-order chi connectivity index (χ1) is 9.31. The zero-order chi connectivity index (χ0) is 12.8. The number of H-pyrrole nitrogens is 1. The average molecular weight is 269 g/mol. The highest BCUT2D eigenvalue weighted by molar-refractivity contribution is 6.30. The molecule has 0 fully saturated rings. The predicted molar refractivity (Wildman–Crippen MR) is 75.3 cm³/mol. The molecule has 0 aliphatic carbocycles. The standard InChI is InChI=1S/C14H9ClN4/c15-10-7-5-9(6-8-10)13-17-14-16-11-3-1-2-4-12(11)19(14)18-13/h1-8H,(H,16,17,18). The summed E-state index contributed by atoms with van der Waals surface area (Å²) in [7, 11) is 0. The van der Waals surface area contributed by atoms with Crippen LogP contribution in [-0.2, 0) is 0 Å². The third-order valence-corrected chi connectivity index (χ3v) is 3.34. The van der Waals surface area contributed by atoms with Crippen LogP contribution in [0.3, 0.4) is 0 Å². The van der Waals surface area contributed by atoms with Crippen LogP contribution in [0.1, 0.15) is 0 Å². The molecule has 2 heterocycles. The summed E-state index contributed by atoms with van der Waals surface area (Å²) in [5, 5.41) is 3.97. The lowest BCUT2D eigenvalue weighted by atomic mass is 10.2. The van der Waals surface area contributed by atoms with E-state index in [9.17, 15) is 0 Å². The van der Waals surface area contributed by atoms with Gasteiger partial charge in [0.2, 0.25) is 0 Å². The van der Waals surface area contributed by atoms with E-state index >= 15 is 0 Å². The smallest absolute Gasteiger partial charge is 0.252 e. The number of nitrogens with one attached hydrogen (secondary N) is 1. The van der Waals surface area contributed by atoms with E-state index in [2.05, 4.69) is 15.1 Å². The molecule has 4 nitrogen and oxygen atoms in total. The molecule has 19 heavy (non-hydrogen) atoms. The molecule has 2 aromatic carbocycles. The van der Waals surface area contributed by atoms with Crippen LogP contribution in [0.4, 0.5) is 0 Å². The van der Waals surface area contributed by atoms with Crippen molar-refractivity contribution in [1.82, 2.24) is 19.6 Å². The number of rotatable bonds is 1. The van der Waals surface area contributed by atoms with Crippen molar-refractivity contribution in [2.24, 2.45) is 0 Å². The molecular weight excluding hydrogens is 260 g/mol. The lowest BCUT2D eigenvalue weighted by molar-refractivity contribution is 1.01. The Balaban J connectivity index is 1.94. The highest BCUT2D eigenvalue weighted by atomic mass is 35.5. The number of halogens is 1. The van der Waals surface area contributed by atoms with Gasteiger partial charge in [-0.25, -0.2) is 9.50 Å². The summed E-state index contributed by atoms with van der Waals surface area (Å²) in [6.07, 6.45) is 0. The zero-order valence-corrected chi connectivity index (χ0v) is 10.6. The molecule has 0 bridgehead atoms. The Labute approximate surface area is 113 Å². The first kappa shape index (κ1) is 10.6. The third-order valence-electron chi connectivity index (χ3n) is 3.09. The van der Waals surface area contributed by atoms with Crippen LogP contribution in [0.5, 0.6) is 0 Å². The van der Waals surface area contributed by atoms with Gasteiger partial charge in [-0.2, -0.15) is 4.98 Å². The maximum absolute atomic E-state index is 5.89. The van der Waals surface area contributed by atoms with Gasteiger partial charge >= 0.3 is 0 Å². The predicted octanol–water partition coefficient (Wildman–Crippen LogP) is 3.53. The molecule has 0 radical (unpaired) electrons. The van der Waals surface area contributed by atoms with Crippen molar-refractivity contribution in [3.63, 3.8) is 0 Å². The van der Waals surface area contributed by atoms with E-state index in [0.717, 1.165) is 22.4 Å². The fourth-order valence-electron chi connectivity index (χ4n) is 2.17. The number of hydrogen-bond acceptors (Lipinski definition) is 2. The average Bonchev–Trinajstić information content (AvgIpc) is 2.97. The summed E-state index contributed by atoms with van der Waals surface area (Å²) >= 11 is 5.89. The summed E-state index contributed by atoms with van der Waals surface area (Å²) < 4.78 is 1.89. The van der Waals surface area contributed by atoms with Crippen LogP contribution >= 0.6 is 11.6 Å². The Hall–Kier alpha value is -2.33. The summed E-state index contributed by atoms with van der Waals surface area (Å²) in [4.78, 5) is 8.98. The van der Waals surface area contributed by atoms with Gasteiger partial charge in [-0.3, -0.25) is 5.10 Å². The Morgan fingerprint density at radius 1 is 0.947 bits per heavy atom. The second-order valence-electron chi connectivity index (χ2n) is 4.32. The van der Waals surface area contributed by atoms with E-state index in [4.69, 9.17) is 11.6 Å². The normalized spacial score (nSPS) is 11.4. The molecule has 92 valence electrons. The molecule has 0 amide bonds. The number of nitrogens with zero attached hydrogens (tertiary/aromatic N) is 3. The number of para-hydroxylation sites is 2. The van der Waals surface area contributed by atoms with Crippen molar-refractivity contribution < 1.29 is 0 Å². The molecule has 0 saturated heterocycles. The van der Waals surface area contributed by atoms with Crippen LogP contribution in [0.25, 0.3) is 28.2 Å². The number of aromatic nitrogens is 4. The number of fused-ring (bicyclic) bond motifs is 3. The summed E-state index contributed by atoms with van der Waals surface area (Å²) in [5.41, 5.74) is 2.94. The first-order valence-corrected chi connectivity index (χ1v) is 6.28. The Bertz CT molecular complexity index is 873. The molecule has 5 heteroatoms. The molecule has 0 aliphatic rings. The minimum Gasteiger partial charge on any atom is -0.274 e. The summed E-state index contributed by atoms with van der Waals surface area (Å²) in [6, 6.07) is 15.5. The highest BCUT2D eigenvalue weighted by Crippen LogP contribution is 2.21. The Kier molecular flexibility index (Phi) is 2.13. The molecule has 1 N–H and O–H groups in total. The van der Waals surface area contributed by atoms with Crippen LogP contribution < -0.4 is 0 Å². The van der Waals surface area contributed by atoms with Crippen LogP contribution in [-0.4, -0.2) is 19.6 Å². The van der Waals surface area contributed by atoms with Gasteiger partial charge in [0.15, 0.2) is 5.82 Å². The van der Waals surface area contributed by atoms with Gasteiger partial charge in [-0.15, -0.1) is 0 Å². The first-order valence-electron chi connectivity index (χ1n) is 5.90. The number of benzene rings is 2. The van der Waals surface area contributed by atoms with Crippen LogP contribution in [0.15, 0.2) is 48.5 Å². The fraction of sp³-hybridized carbons (Fsp3) is 0. The van der Waals surface area contributed by atoms with Crippen molar-refractivity contribution in [3.05, 3.63) is 53.6 Å². The lowest BCUT2D eigenvalue weighted by Crippen LogP contribution is -1.84. The van der Waals surface area contributed by atoms with E-state index in [0.29, 0.717) is 10.8 Å². The molecule has 0 unspecified atom stereocenters. The van der Waals surface area contributed by atoms with E-state index in [1.165, 1.54) is 0 Å². The number of imidazole rings is 1. The second kappa shape index (κ2) is 3.83. The summed E-state index contributed by atoms with van der Waals surface area (Å²) in [6.45, 7) is 0. The van der Waals surface area contributed by atoms with E-state index in [1.54, 1.807) is 0 Å². The van der Waals surface area contributed by atoms with Gasteiger partial charge in [-0.05, 0) is 36.4 Å². The third kappa shape index (κ3) is 1.61. The van der Waals surface area contributed by atoms with E-state index in [1.807, 2.05) is 53.0 Å². The van der Waals surface area contributed by atoms with Gasteiger partial charge in [0.05, 0.1) is 11.0 Å². The van der Waals surface area contributed by atoms with Crippen LogP contribution in [0, 0.1) is 0 Å². The summed E-state index contributed by atoms with van der Waals surface area (Å²) in [5.74, 6) is 1.45. The van der Waals surface area contributed by atoms with Gasteiger partial charge in [-0.1, -0.05) is 23.7 Å². The number of hydrogen-bond donors (Lipinski definition) is 1. The fourth-order valence-corrected chi connectivity index (χ4v) is 2.29. The zero-order valence-electron chi connectivity index (χ0n) is 9.84.